The molecule has 158 valence electrons. The smallest absolute Gasteiger partial charge is 0.412 e. The van der Waals surface area contributed by atoms with Gasteiger partial charge in [-0.2, -0.15) is 5.26 Å². The minimum Gasteiger partial charge on any atom is -0.490 e. The van der Waals surface area contributed by atoms with E-state index < -0.39 is 11.6 Å². The number of hydrogen-bond donors (Lipinski definition) is 2. The second kappa shape index (κ2) is 8.59. The van der Waals surface area contributed by atoms with Gasteiger partial charge in [-0.05, 0) is 43.0 Å². The summed E-state index contributed by atoms with van der Waals surface area (Å²) < 4.78 is 16.4. The Morgan fingerprint density at radius 3 is 2.87 bits per heavy atom. The summed E-state index contributed by atoms with van der Waals surface area (Å²) in [6.07, 6.45) is 1.82. The van der Waals surface area contributed by atoms with Crippen molar-refractivity contribution in [2.75, 3.05) is 19.0 Å². The molecule has 2 heterocycles. The molecule has 3 N–H and O–H groups in total. The van der Waals surface area contributed by atoms with Gasteiger partial charge in [-0.25, -0.2) is 9.78 Å². The van der Waals surface area contributed by atoms with Gasteiger partial charge in [-0.1, -0.05) is 13.8 Å². The number of nitrogens with two attached hydrogens (primary N) is 1. The number of fused-ring (bicyclic) bond motifs is 3. The standard InChI is InChI=1S/C22H26N4O4/c1-13(2)8-22(3,24)12-30-18-6-5-15-16-7-19(26-21(27)28-4)25-10-14(16)11-29-20(15)17(18)9-23/h5-7,10,13H,8,11-12,24H2,1-4H3,(H,25,26,27). The number of nitrogens with one attached hydrogen (secondary N) is 1. The molecule has 0 fully saturated rings. The number of benzene rings is 1. The average molecular weight is 410 g/mol. The largest absolute Gasteiger partial charge is 0.490 e. The van der Waals surface area contributed by atoms with E-state index in [0.717, 1.165) is 23.1 Å². The van der Waals surface area contributed by atoms with Crippen LogP contribution in [0, 0.1) is 17.2 Å². The maximum atomic E-state index is 11.5. The SMILES string of the molecule is COC(=O)Nc1cc2c(cn1)COc1c-2ccc(OCC(C)(N)CC(C)C)c1C#N. The van der Waals surface area contributed by atoms with Crippen LogP contribution in [0.2, 0.25) is 0 Å². The number of methoxy groups -OCH3 is 1. The average Bonchev–Trinajstić information content (AvgIpc) is 2.70. The van der Waals surface area contributed by atoms with E-state index in [9.17, 15) is 10.1 Å². The van der Waals surface area contributed by atoms with E-state index in [1.165, 1.54) is 7.11 Å². The second-order valence-corrected chi connectivity index (χ2v) is 8.10. The third kappa shape index (κ3) is 4.63. The van der Waals surface area contributed by atoms with Crippen molar-refractivity contribution in [3.8, 4) is 28.7 Å². The first-order chi connectivity index (χ1) is 14.2. The van der Waals surface area contributed by atoms with Crippen LogP contribution in [-0.2, 0) is 11.3 Å². The first-order valence-electron chi connectivity index (χ1n) is 9.70. The Morgan fingerprint density at radius 2 is 2.20 bits per heavy atom. The highest BCUT2D eigenvalue weighted by Crippen LogP contribution is 2.43. The number of carbonyl (C=O) groups is 1. The molecule has 1 amide bonds. The lowest BCUT2D eigenvalue weighted by Gasteiger charge is -2.28. The van der Waals surface area contributed by atoms with E-state index in [-0.39, 0.29) is 13.2 Å². The molecule has 0 radical (unpaired) electrons. The Balaban J connectivity index is 1.92. The molecule has 8 heteroatoms. The monoisotopic (exact) mass is 410 g/mol. The van der Waals surface area contributed by atoms with E-state index in [1.807, 2.05) is 13.0 Å². The highest BCUT2D eigenvalue weighted by atomic mass is 16.5. The van der Waals surface area contributed by atoms with Crippen LogP contribution < -0.4 is 20.5 Å². The molecule has 0 saturated heterocycles. The molecular formula is C22H26N4O4. The van der Waals surface area contributed by atoms with Gasteiger partial charge in [-0.3, -0.25) is 5.32 Å². The van der Waals surface area contributed by atoms with Crippen LogP contribution in [-0.4, -0.2) is 30.3 Å². The minimum absolute atomic E-state index is 0.258. The highest BCUT2D eigenvalue weighted by molar-refractivity contribution is 5.86. The Morgan fingerprint density at radius 1 is 1.43 bits per heavy atom. The van der Waals surface area contributed by atoms with E-state index in [4.69, 9.17) is 15.2 Å². The quantitative estimate of drug-likeness (QED) is 0.742. The van der Waals surface area contributed by atoms with Gasteiger partial charge in [0.2, 0.25) is 0 Å². The number of amides is 1. The number of carbonyl (C=O) groups excluding carboxylic acids is 1. The molecule has 1 atom stereocenters. The van der Waals surface area contributed by atoms with E-state index in [0.29, 0.717) is 28.8 Å². The fraction of sp³-hybridized carbons (Fsp3) is 0.409. The van der Waals surface area contributed by atoms with Crippen LogP contribution in [0.25, 0.3) is 11.1 Å². The first kappa shape index (κ1) is 21.4. The number of pyridine rings is 1. The van der Waals surface area contributed by atoms with Crippen molar-refractivity contribution in [3.63, 3.8) is 0 Å². The summed E-state index contributed by atoms with van der Waals surface area (Å²) in [7, 11) is 1.28. The van der Waals surface area contributed by atoms with Crippen LogP contribution in [0.15, 0.2) is 24.4 Å². The number of ether oxygens (including phenoxy) is 3. The van der Waals surface area contributed by atoms with Crippen LogP contribution in [0.3, 0.4) is 0 Å². The highest BCUT2D eigenvalue weighted by Gasteiger charge is 2.26. The fourth-order valence-electron chi connectivity index (χ4n) is 3.61. The minimum atomic E-state index is -0.609. The van der Waals surface area contributed by atoms with Crippen molar-refractivity contribution in [2.24, 2.45) is 11.7 Å². The van der Waals surface area contributed by atoms with Crippen molar-refractivity contribution in [1.29, 1.82) is 5.26 Å². The lowest BCUT2D eigenvalue weighted by molar-refractivity contribution is 0.187. The van der Waals surface area contributed by atoms with Crippen molar-refractivity contribution in [3.05, 3.63) is 35.5 Å². The van der Waals surface area contributed by atoms with Crippen molar-refractivity contribution < 1.29 is 19.0 Å². The molecule has 0 spiro atoms. The first-order valence-corrected chi connectivity index (χ1v) is 9.70. The molecule has 1 aromatic carbocycles. The van der Waals surface area contributed by atoms with Crippen LogP contribution in [0.5, 0.6) is 11.5 Å². The third-order valence-corrected chi connectivity index (χ3v) is 4.73. The topological polar surface area (TPSA) is 119 Å². The molecule has 1 aliphatic rings. The number of hydrogen-bond acceptors (Lipinski definition) is 7. The predicted molar refractivity (Wildman–Crippen MR) is 112 cm³/mol. The Hall–Kier alpha value is -3.31. The molecule has 8 nitrogen and oxygen atoms in total. The van der Waals surface area contributed by atoms with Crippen LogP contribution in [0.4, 0.5) is 10.6 Å². The van der Waals surface area contributed by atoms with Gasteiger partial charge < -0.3 is 19.9 Å². The van der Waals surface area contributed by atoms with Crippen molar-refractivity contribution in [2.45, 2.75) is 39.3 Å². The Bertz CT molecular complexity index is 995. The van der Waals surface area contributed by atoms with E-state index in [1.54, 1.807) is 18.3 Å². The molecule has 0 saturated carbocycles. The van der Waals surface area contributed by atoms with Gasteiger partial charge in [0.05, 0.1) is 7.11 Å². The number of rotatable bonds is 6. The number of nitrogens with zero attached hydrogens (tertiary/aromatic N) is 2. The summed E-state index contributed by atoms with van der Waals surface area (Å²) in [5, 5.41) is 12.3. The molecular weight excluding hydrogens is 384 g/mol. The lowest BCUT2D eigenvalue weighted by atomic mass is 9.92. The predicted octanol–water partition coefficient (Wildman–Crippen LogP) is 3.83. The molecule has 1 aliphatic heterocycles. The zero-order chi connectivity index (χ0) is 21.9. The van der Waals surface area contributed by atoms with Crippen LogP contribution >= 0.6 is 0 Å². The Kier molecular flexibility index (Phi) is 6.13. The lowest BCUT2D eigenvalue weighted by Crippen LogP contribution is -2.43. The molecule has 2 aromatic rings. The van der Waals surface area contributed by atoms with Gasteiger partial charge in [0.25, 0.3) is 0 Å². The zero-order valence-electron chi connectivity index (χ0n) is 17.6. The summed E-state index contributed by atoms with van der Waals surface area (Å²) in [5.74, 6) is 1.66. The molecule has 3 rings (SSSR count). The van der Waals surface area contributed by atoms with Gasteiger partial charge in [0.1, 0.15) is 42.2 Å². The maximum Gasteiger partial charge on any atom is 0.412 e. The normalized spacial score (nSPS) is 13.9. The third-order valence-electron chi connectivity index (χ3n) is 4.73. The number of anilines is 1. The fourth-order valence-corrected chi connectivity index (χ4v) is 3.61. The Labute approximate surface area is 176 Å². The van der Waals surface area contributed by atoms with Gasteiger partial charge in [-0.15, -0.1) is 0 Å². The summed E-state index contributed by atoms with van der Waals surface area (Å²) >= 11 is 0. The van der Waals surface area contributed by atoms with Crippen molar-refractivity contribution in [1.82, 2.24) is 4.98 Å². The zero-order valence-corrected chi connectivity index (χ0v) is 17.6. The molecule has 0 bridgehead atoms. The summed E-state index contributed by atoms with van der Waals surface area (Å²) in [5.41, 5.74) is 8.55. The second-order valence-electron chi connectivity index (χ2n) is 8.10. The number of aromatic nitrogens is 1. The molecule has 1 unspecified atom stereocenters. The summed E-state index contributed by atoms with van der Waals surface area (Å²) in [6, 6.07) is 7.50. The van der Waals surface area contributed by atoms with E-state index >= 15 is 0 Å². The van der Waals surface area contributed by atoms with Gasteiger partial charge in [0.15, 0.2) is 0 Å². The van der Waals surface area contributed by atoms with Gasteiger partial charge >= 0.3 is 6.09 Å². The van der Waals surface area contributed by atoms with E-state index in [2.05, 4.69) is 35.0 Å². The number of nitriles is 1. The maximum absolute atomic E-state index is 11.5. The summed E-state index contributed by atoms with van der Waals surface area (Å²) in [4.78, 5) is 15.7. The van der Waals surface area contributed by atoms with Crippen molar-refractivity contribution >= 4 is 11.9 Å². The summed E-state index contributed by atoms with van der Waals surface area (Å²) in [6.45, 7) is 6.69. The van der Waals surface area contributed by atoms with Gasteiger partial charge in [0, 0.05) is 22.9 Å². The van der Waals surface area contributed by atoms with Crippen LogP contribution in [0.1, 0.15) is 38.3 Å². The molecule has 0 aliphatic carbocycles. The molecule has 30 heavy (non-hydrogen) atoms. The molecule has 1 aromatic heterocycles.